The standard InChI is InChI=1S/C12H13NO3S/c1-7(14)9-4-8-5-10-11(16-3-2-15-10)6-12(8)17-13-9/h5-6,9,13H,2-4H2,1H3. The van der Waals surface area contributed by atoms with E-state index >= 15 is 0 Å². The lowest BCUT2D eigenvalue weighted by atomic mass is 10.0. The van der Waals surface area contributed by atoms with E-state index in [1.807, 2.05) is 12.1 Å². The average molecular weight is 251 g/mol. The summed E-state index contributed by atoms with van der Waals surface area (Å²) in [6.07, 6.45) is 0.717. The Bertz CT molecular complexity index is 475. The molecule has 0 bridgehead atoms. The Kier molecular flexibility index (Phi) is 2.72. The van der Waals surface area contributed by atoms with Crippen molar-refractivity contribution in [2.45, 2.75) is 24.3 Å². The van der Waals surface area contributed by atoms with Gasteiger partial charge in [-0.3, -0.25) is 4.79 Å². The molecule has 2 aliphatic heterocycles. The van der Waals surface area contributed by atoms with Gasteiger partial charge >= 0.3 is 0 Å². The Labute approximate surface area is 104 Å². The summed E-state index contributed by atoms with van der Waals surface area (Å²) in [5, 5.41) is 0. The average Bonchev–Trinajstić information content (AvgIpc) is 2.35. The molecule has 0 aromatic heterocycles. The van der Waals surface area contributed by atoms with E-state index in [0.29, 0.717) is 19.6 Å². The molecule has 0 aliphatic carbocycles. The van der Waals surface area contributed by atoms with Gasteiger partial charge in [0.05, 0.1) is 6.04 Å². The Balaban J connectivity index is 1.94. The van der Waals surface area contributed by atoms with Crippen LogP contribution in [0.5, 0.6) is 11.5 Å². The molecule has 1 aromatic rings. The van der Waals surface area contributed by atoms with E-state index in [2.05, 4.69) is 4.72 Å². The summed E-state index contributed by atoms with van der Waals surface area (Å²) in [6.45, 7) is 2.80. The number of fused-ring (bicyclic) bond motifs is 2. The molecule has 90 valence electrons. The molecule has 0 fully saturated rings. The molecule has 1 atom stereocenters. The molecule has 1 aromatic carbocycles. The second-order valence-electron chi connectivity index (χ2n) is 4.19. The van der Waals surface area contributed by atoms with Crippen molar-refractivity contribution in [1.82, 2.24) is 4.72 Å². The van der Waals surface area contributed by atoms with E-state index in [-0.39, 0.29) is 11.8 Å². The molecule has 17 heavy (non-hydrogen) atoms. The first-order chi connectivity index (χ1) is 8.24. The third-order valence-corrected chi connectivity index (χ3v) is 3.95. The van der Waals surface area contributed by atoms with Gasteiger partial charge in [-0.1, -0.05) is 0 Å². The number of rotatable bonds is 1. The summed E-state index contributed by atoms with van der Waals surface area (Å²) in [5.74, 6) is 1.75. The van der Waals surface area contributed by atoms with Crippen molar-refractivity contribution in [1.29, 1.82) is 0 Å². The predicted octanol–water partition coefficient (Wildman–Crippen LogP) is 1.57. The second-order valence-corrected chi connectivity index (χ2v) is 5.07. The number of ether oxygens (including phenoxy) is 2. The number of carbonyl (C=O) groups excluding carboxylic acids is 1. The maximum absolute atomic E-state index is 11.4. The highest BCUT2D eigenvalue weighted by molar-refractivity contribution is 7.97. The van der Waals surface area contributed by atoms with Gasteiger partial charge in [0.15, 0.2) is 11.5 Å². The molecule has 0 spiro atoms. The van der Waals surface area contributed by atoms with Crippen molar-refractivity contribution in [2.24, 2.45) is 0 Å². The quantitative estimate of drug-likeness (QED) is 0.768. The van der Waals surface area contributed by atoms with Gasteiger partial charge in [-0.2, -0.15) is 0 Å². The van der Waals surface area contributed by atoms with Crippen LogP contribution in [0.15, 0.2) is 17.0 Å². The van der Waals surface area contributed by atoms with Gasteiger partial charge in [0.25, 0.3) is 0 Å². The smallest absolute Gasteiger partial charge is 0.162 e. The van der Waals surface area contributed by atoms with E-state index in [1.165, 1.54) is 11.9 Å². The second kappa shape index (κ2) is 4.23. The number of hydrogen-bond acceptors (Lipinski definition) is 5. The minimum atomic E-state index is -0.102. The molecule has 2 heterocycles. The van der Waals surface area contributed by atoms with Gasteiger partial charge in [-0.05, 0) is 43.0 Å². The fourth-order valence-corrected chi connectivity index (χ4v) is 2.95. The number of Topliss-reactive ketones (excluding diaryl/α,β-unsaturated/α-hetero) is 1. The van der Waals surface area contributed by atoms with Gasteiger partial charge in [-0.15, -0.1) is 0 Å². The normalized spacial score (nSPS) is 21.8. The van der Waals surface area contributed by atoms with Crippen LogP contribution in [0.3, 0.4) is 0 Å². The molecule has 2 aliphatic rings. The zero-order valence-electron chi connectivity index (χ0n) is 9.49. The Morgan fingerprint density at radius 1 is 1.35 bits per heavy atom. The van der Waals surface area contributed by atoms with Crippen LogP contribution in [-0.2, 0) is 11.2 Å². The van der Waals surface area contributed by atoms with Crippen molar-refractivity contribution >= 4 is 17.7 Å². The summed E-state index contributed by atoms with van der Waals surface area (Å²) in [6, 6.07) is 3.88. The fourth-order valence-electron chi connectivity index (χ4n) is 1.99. The van der Waals surface area contributed by atoms with E-state index in [0.717, 1.165) is 22.0 Å². The lowest BCUT2D eigenvalue weighted by Gasteiger charge is -2.26. The number of benzene rings is 1. The highest BCUT2D eigenvalue weighted by atomic mass is 32.2. The summed E-state index contributed by atoms with van der Waals surface area (Å²) < 4.78 is 14.2. The van der Waals surface area contributed by atoms with Crippen molar-refractivity contribution in [3.8, 4) is 11.5 Å². The SMILES string of the molecule is CC(=O)C1Cc2cc3c(cc2SN1)OCCO3. The largest absolute Gasteiger partial charge is 0.486 e. The molecule has 3 rings (SSSR count). The van der Waals surface area contributed by atoms with Crippen molar-refractivity contribution in [3.63, 3.8) is 0 Å². The van der Waals surface area contributed by atoms with Gasteiger partial charge in [0.1, 0.15) is 19.0 Å². The van der Waals surface area contributed by atoms with Crippen molar-refractivity contribution in [2.75, 3.05) is 13.2 Å². The summed E-state index contributed by atoms with van der Waals surface area (Å²) in [4.78, 5) is 12.5. The predicted molar refractivity (Wildman–Crippen MR) is 64.6 cm³/mol. The summed E-state index contributed by atoms with van der Waals surface area (Å²) in [5.41, 5.74) is 1.15. The third kappa shape index (κ3) is 2.00. The maximum Gasteiger partial charge on any atom is 0.162 e. The summed E-state index contributed by atoms with van der Waals surface area (Å²) in [7, 11) is 0. The molecule has 1 N–H and O–H groups in total. The van der Waals surface area contributed by atoms with E-state index in [1.54, 1.807) is 6.92 Å². The third-order valence-electron chi connectivity index (χ3n) is 2.95. The topological polar surface area (TPSA) is 47.6 Å². The first kappa shape index (κ1) is 10.9. The Morgan fingerprint density at radius 2 is 2.06 bits per heavy atom. The molecule has 5 heteroatoms. The van der Waals surface area contributed by atoms with Crippen molar-refractivity contribution in [3.05, 3.63) is 17.7 Å². The zero-order valence-corrected chi connectivity index (χ0v) is 10.3. The van der Waals surface area contributed by atoms with E-state index in [9.17, 15) is 4.79 Å². The molecule has 1 unspecified atom stereocenters. The van der Waals surface area contributed by atoms with Crippen LogP contribution < -0.4 is 14.2 Å². The van der Waals surface area contributed by atoms with Crippen LogP contribution in [0.4, 0.5) is 0 Å². The molecule has 0 saturated heterocycles. The molecule has 4 nitrogen and oxygen atoms in total. The highest BCUT2D eigenvalue weighted by Crippen LogP contribution is 2.38. The van der Waals surface area contributed by atoms with Crippen LogP contribution >= 0.6 is 11.9 Å². The van der Waals surface area contributed by atoms with Crippen LogP contribution in [0.2, 0.25) is 0 Å². The van der Waals surface area contributed by atoms with Crippen LogP contribution in [0.25, 0.3) is 0 Å². The maximum atomic E-state index is 11.4. The van der Waals surface area contributed by atoms with Gasteiger partial charge < -0.3 is 9.47 Å². The first-order valence-corrected chi connectivity index (χ1v) is 6.41. The van der Waals surface area contributed by atoms with E-state index in [4.69, 9.17) is 9.47 Å². The van der Waals surface area contributed by atoms with Gasteiger partial charge in [-0.25, -0.2) is 4.72 Å². The fraction of sp³-hybridized carbons (Fsp3) is 0.417. The molecule has 0 saturated carbocycles. The van der Waals surface area contributed by atoms with Crippen LogP contribution in [0, 0.1) is 0 Å². The summed E-state index contributed by atoms with van der Waals surface area (Å²) >= 11 is 1.49. The van der Waals surface area contributed by atoms with Gasteiger partial charge in [0.2, 0.25) is 0 Å². The number of carbonyl (C=O) groups is 1. The Hall–Kier alpha value is -1.20. The van der Waals surface area contributed by atoms with Gasteiger partial charge in [0, 0.05) is 4.90 Å². The zero-order chi connectivity index (χ0) is 11.8. The molecular weight excluding hydrogens is 238 g/mol. The molecule has 0 amide bonds. The van der Waals surface area contributed by atoms with Crippen molar-refractivity contribution < 1.29 is 14.3 Å². The minimum Gasteiger partial charge on any atom is -0.486 e. The lowest BCUT2D eigenvalue weighted by molar-refractivity contribution is -0.118. The van der Waals surface area contributed by atoms with Crippen LogP contribution in [-0.4, -0.2) is 25.0 Å². The lowest BCUT2D eigenvalue weighted by Crippen LogP contribution is -2.35. The first-order valence-electron chi connectivity index (χ1n) is 5.59. The van der Waals surface area contributed by atoms with Crippen LogP contribution in [0.1, 0.15) is 12.5 Å². The molecule has 0 radical (unpaired) electrons. The Morgan fingerprint density at radius 3 is 2.76 bits per heavy atom. The molecular formula is C12H13NO3S. The monoisotopic (exact) mass is 251 g/mol. The minimum absolute atomic E-state index is 0.102. The number of hydrogen-bond donors (Lipinski definition) is 1. The highest BCUT2D eigenvalue weighted by Gasteiger charge is 2.25. The van der Waals surface area contributed by atoms with E-state index < -0.39 is 0 Å². The number of nitrogens with one attached hydrogen (secondary N) is 1. The number of ketones is 1.